The van der Waals surface area contributed by atoms with Gasteiger partial charge in [-0.3, -0.25) is 4.79 Å². The Balaban J connectivity index is 2.02. The first-order valence-electron chi connectivity index (χ1n) is 6.43. The SMILES string of the molecule is O=C(O)C1(c2ccc(-c3ccc(Cl)c(Cl)c3)cc2F)CC1. The Bertz CT molecular complexity index is 739. The van der Waals surface area contributed by atoms with Crippen molar-refractivity contribution in [2.24, 2.45) is 0 Å². The summed E-state index contributed by atoms with van der Waals surface area (Å²) in [7, 11) is 0. The second kappa shape index (κ2) is 5.00. The van der Waals surface area contributed by atoms with E-state index in [9.17, 15) is 14.3 Å². The zero-order valence-electron chi connectivity index (χ0n) is 10.9. The Morgan fingerprint density at radius 1 is 1.05 bits per heavy atom. The summed E-state index contributed by atoms with van der Waals surface area (Å²) in [5, 5.41) is 10.1. The summed E-state index contributed by atoms with van der Waals surface area (Å²) in [6.45, 7) is 0. The Morgan fingerprint density at radius 3 is 2.19 bits per heavy atom. The van der Waals surface area contributed by atoms with E-state index in [1.807, 2.05) is 0 Å². The molecule has 1 fully saturated rings. The maximum absolute atomic E-state index is 14.3. The van der Waals surface area contributed by atoms with E-state index in [0.717, 1.165) is 5.56 Å². The first kappa shape index (κ1) is 14.4. The summed E-state index contributed by atoms with van der Waals surface area (Å²) < 4.78 is 14.3. The van der Waals surface area contributed by atoms with Crippen molar-refractivity contribution >= 4 is 29.2 Å². The van der Waals surface area contributed by atoms with Gasteiger partial charge in [0.15, 0.2) is 0 Å². The molecule has 2 aromatic carbocycles. The normalized spacial score (nSPS) is 15.8. The van der Waals surface area contributed by atoms with Gasteiger partial charge in [-0.25, -0.2) is 4.39 Å². The summed E-state index contributed by atoms with van der Waals surface area (Å²) in [5.74, 6) is -1.47. The van der Waals surface area contributed by atoms with Crippen LogP contribution in [0.1, 0.15) is 18.4 Å². The lowest BCUT2D eigenvalue weighted by atomic mass is 9.93. The monoisotopic (exact) mass is 324 g/mol. The third-order valence-electron chi connectivity index (χ3n) is 3.90. The summed E-state index contributed by atoms with van der Waals surface area (Å²) in [4.78, 5) is 11.3. The molecule has 0 unspecified atom stereocenters. The van der Waals surface area contributed by atoms with Crippen molar-refractivity contribution in [1.29, 1.82) is 0 Å². The molecule has 2 aromatic rings. The lowest BCUT2D eigenvalue weighted by Gasteiger charge is -2.13. The minimum absolute atomic E-state index is 0.249. The zero-order chi connectivity index (χ0) is 15.2. The second-order valence-corrected chi connectivity index (χ2v) is 6.03. The molecule has 0 aliphatic heterocycles. The molecule has 1 aliphatic rings. The maximum Gasteiger partial charge on any atom is 0.314 e. The lowest BCUT2D eigenvalue weighted by Crippen LogP contribution is -2.20. The topological polar surface area (TPSA) is 37.3 Å². The average Bonchev–Trinajstić information content (AvgIpc) is 3.23. The Hall–Kier alpha value is -1.58. The van der Waals surface area contributed by atoms with Crippen LogP contribution in [0.5, 0.6) is 0 Å². The van der Waals surface area contributed by atoms with E-state index in [-0.39, 0.29) is 5.56 Å². The number of benzene rings is 2. The molecule has 21 heavy (non-hydrogen) atoms. The van der Waals surface area contributed by atoms with Crippen LogP contribution >= 0.6 is 23.2 Å². The molecule has 1 aliphatic carbocycles. The third kappa shape index (κ3) is 2.41. The van der Waals surface area contributed by atoms with Crippen LogP contribution in [-0.4, -0.2) is 11.1 Å². The van der Waals surface area contributed by atoms with Crippen LogP contribution in [0.15, 0.2) is 36.4 Å². The molecule has 0 atom stereocenters. The predicted molar refractivity (Wildman–Crippen MR) is 80.4 cm³/mol. The summed E-state index contributed by atoms with van der Waals surface area (Å²) >= 11 is 11.8. The lowest BCUT2D eigenvalue weighted by molar-refractivity contribution is -0.140. The van der Waals surface area contributed by atoms with Crippen LogP contribution < -0.4 is 0 Å². The Kier molecular flexibility index (Phi) is 3.42. The first-order chi connectivity index (χ1) is 9.94. The molecule has 0 amide bonds. The molecule has 1 N–H and O–H groups in total. The van der Waals surface area contributed by atoms with E-state index < -0.39 is 17.2 Å². The van der Waals surface area contributed by atoms with Gasteiger partial charge in [0.1, 0.15) is 5.82 Å². The van der Waals surface area contributed by atoms with Crippen molar-refractivity contribution in [3.8, 4) is 11.1 Å². The number of halogens is 3. The number of rotatable bonds is 3. The first-order valence-corrected chi connectivity index (χ1v) is 7.18. The minimum atomic E-state index is -1.04. The number of hydrogen-bond acceptors (Lipinski definition) is 1. The Labute approximate surface area is 131 Å². The van der Waals surface area contributed by atoms with Crippen LogP contribution in [0.25, 0.3) is 11.1 Å². The maximum atomic E-state index is 14.3. The molecule has 1 saturated carbocycles. The van der Waals surface area contributed by atoms with Crippen LogP contribution in [0.3, 0.4) is 0 Å². The molecule has 0 saturated heterocycles. The van der Waals surface area contributed by atoms with Crippen LogP contribution in [0.2, 0.25) is 10.0 Å². The van der Waals surface area contributed by atoms with Crippen molar-refractivity contribution in [2.75, 3.05) is 0 Å². The number of aliphatic carboxylic acids is 1. The molecule has 0 heterocycles. The molecule has 3 rings (SSSR count). The van der Waals surface area contributed by atoms with Gasteiger partial charge in [-0.2, -0.15) is 0 Å². The van der Waals surface area contributed by atoms with Gasteiger partial charge in [0.05, 0.1) is 15.5 Å². The van der Waals surface area contributed by atoms with Gasteiger partial charge in [0.2, 0.25) is 0 Å². The van der Waals surface area contributed by atoms with E-state index in [0.29, 0.717) is 28.5 Å². The summed E-state index contributed by atoms with van der Waals surface area (Å²) in [6.07, 6.45) is 0.955. The van der Waals surface area contributed by atoms with Gasteiger partial charge in [-0.1, -0.05) is 41.4 Å². The van der Waals surface area contributed by atoms with E-state index >= 15 is 0 Å². The molecule has 5 heteroatoms. The number of carbonyl (C=O) groups is 1. The molecule has 2 nitrogen and oxygen atoms in total. The zero-order valence-corrected chi connectivity index (χ0v) is 12.4. The largest absolute Gasteiger partial charge is 0.481 e. The second-order valence-electron chi connectivity index (χ2n) is 5.21. The van der Waals surface area contributed by atoms with Crippen molar-refractivity contribution in [3.63, 3.8) is 0 Å². The highest BCUT2D eigenvalue weighted by molar-refractivity contribution is 6.42. The van der Waals surface area contributed by atoms with Crippen LogP contribution in [0, 0.1) is 5.82 Å². The highest BCUT2D eigenvalue weighted by Crippen LogP contribution is 2.49. The fourth-order valence-electron chi connectivity index (χ4n) is 2.48. The smallest absolute Gasteiger partial charge is 0.314 e. The highest BCUT2D eigenvalue weighted by Gasteiger charge is 2.53. The van der Waals surface area contributed by atoms with Gasteiger partial charge in [-0.05, 0) is 42.2 Å². The van der Waals surface area contributed by atoms with Gasteiger partial charge in [0.25, 0.3) is 0 Å². The van der Waals surface area contributed by atoms with Crippen LogP contribution in [0.4, 0.5) is 4.39 Å². The third-order valence-corrected chi connectivity index (χ3v) is 4.64. The molecule has 0 radical (unpaired) electrons. The van der Waals surface area contributed by atoms with E-state index in [2.05, 4.69) is 0 Å². The molecule has 0 spiro atoms. The summed E-state index contributed by atoms with van der Waals surface area (Å²) in [6, 6.07) is 9.65. The van der Waals surface area contributed by atoms with Crippen molar-refractivity contribution in [2.45, 2.75) is 18.3 Å². The number of hydrogen-bond donors (Lipinski definition) is 1. The van der Waals surface area contributed by atoms with Gasteiger partial charge < -0.3 is 5.11 Å². The van der Waals surface area contributed by atoms with Crippen molar-refractivity contribution in [3.05, 3.63) is 57.8 Å². The number of carboxylic acid groups (broad SMARTS) is 1. The van der Waals surface area contributed by atoms with Crippen LogP contribution in [-0.2, 0) is 10.2 Å². The number of carboxylic acids is 1. The van der Waals surface area contributed by atoms with E-state index in [1.54, 1.807) is 30.3 Å². The quantitative estimate of drug-likeness (QED) is 0.870. The molecular formula is C16H11Cl2FO2. The summed E-state index contributed by atoms with van der Waals surface area (Å²) in [5.41, 5.74) is 0.574. The molecule has 108 valence electrons. The van der Waals surface area contributed by atoms with Crippen molar-refractivity contribution in [1.82, 2.24) is 0 Å². The van der Waals surface area contributed by atoms with Gasteiger partial charge in [-0.15, -0.1) is 0 Å². The molecular weight excluding hydrogens is 314 g/mol. The standard InChI is InChI=1S/C16H11Cl2FO2/c17-12-4-2-9(7-13(12)18)10-1-3-11(14(19)8-10)16(5-6-16)15(20)21/h1-4,7-8H,5-6H2,(H,20,21). The fraction of sp³-hybridized carbons (Fsp3) is 0.188. The molecule has 0 bridgehead atoms. The van der Waals surface area contributed by atoms with Crippen molar-refractivity contribution < 1.29 is 14.3 Å². The predicted octanol–water partition coefficient (Wildman–Crippen LogP) is 4.92. The Morgan fingerprint density at radius 2 is 1.67 bits per heavy atom. The fourth-order valence-corrected chi connectivity index (χ4v) is 2.78. The minimum Gasteiger partial charge on any atom is -0.481 e. The van der Waals surface area contributed by atoms with Gasteiger partial charge in [0, 0.05) is 5.56 Å². The molecule has 0 aromatic heterocycles. The highest BCUT2D eigenvalue weighted by atomic mass is 35.5. The van der Waals surface area contributed by atoms with E-state index in [4.69, 9.17) is 23.2 Å². The average molecular weight is 325 g/mol. The van der Waals surface area contributed by atoms with E-state index in [1.165, 1.54) is 6.07 Å². The van der Waals surface area contributed by atoms with Gasteiger partial charge >= 0.3 is 5.97 Å².